The largest absolute Gasteiger partial charge is 0.465 e. The molecule has 1 atom stereocenters. The number of ether oxygens (including phenoxy) is 1. The van der Waals surface area contributed by atoms with Gasteiger partial charge in [0.05, 0.1) is 17.6 Å². The lowest BCUT2D eigenvalue weighted by molar-refractivity contribution is 0.0596. The summed E-state index contributed by atoms with van der Waals surface area (Å²) in [5.74, 6) is -1.43. The van der Waals surface area contributed by atoms with Gasteiger partial charge in [-0.2, -0.15) is 0 Å². The van der Waals surface area contributed by atoms with Crippen molar-refractivity contribution in [2.45, 2.75) is 37.6 Å². The Morgan fingerprint density at radius 3 is 2.52 bits per heavy atom. The van der Waals surface area contributed by atoms with Crippen LogP contribution in [0.15, 0.2) is 23.1 Å². The average molecular weight is 346 g/mol. The van der Waals surface area contributed by atoms with E-state index in [4.69, 9.17) is 5.73 Å². The normalized spacial score (nSPS) is 14.6. The molecular weight excluding hydrogens is 323 g/mol. The Hall–Kier alpha value is -1.51. The summed E-state index contributed by atoms with van der Waals surface area (Å²) in [6, 6.07) is 2.88. The molecule has 23 heavy (non-hydrogen) atoms. The van der Waals surface area contributed by atoms with Crippen LogP contribution >= 0.6 is 0 Å². The second-order valence-electron chi connectivity index (χ2n) is 6.10. The van der Waals surface area contributed by atoms with Crippen LogP contribution in [0.2, 0.25) is 0 Å². The van der Waals surface area contributed by atoms with Gasteiger partial charge in [0.2, 0.25) is 10.0 Å². The minimum Gasteiger partial charge on any atom is -0.465 e. The van der Waals surface area contributed by atoms with Crippen LogP contribution in [0.25, 0.3) is 0 Å². The number of hydrogen-bond donors (Lipinski definition) is 2. The van der Waals surface area contributed by atoms with Crippen molar-refractivity contribution in [3.63, 3.8) is 0 Å². The first-order valence-corrected chi connectivity index (χ1v) is 8.65. The molecule has 1 rings (SSSR count). The lowest BCUT2D eigenvalue weighted by Gasteiger charge is -2.31. The molecule has 0 radical (unpaired) electrons. The maximum absolute atomic E-state index is 13.5. The maximum atomic E-state index is 13.5. The van der Waals surface area contributed by atoms with E-state index in [0.29, 0.717) is 6.42 Å². The van der Waals surface area contributed by atoms with Crippen molar-refractivity contribution in [2.24, 2.45) is 11.7 Å². The van der Waals surface area contributed by atoms with E-state index in [2.05, 4.69) is 9.46 Å². The number of esters is 1. The molecule has 1 unspecified atom stereocenters. The molecule has 0 aliphatic heterocycles. The molecule has 0 saturated heterocycles. The molecule has 0 heterocycles. The Morgan fingerprint density at radius 2 is 2.04 bits per heavy atom. The van der Waals surface area contributed by atoms with E-state index in [0.717, 1.165) is 25.3 Å². The first kappa shape index (κ1) is 19.5. The van der Waals surface area contributed by atoms with Gasteiger partial charge in [-0.3, -0.25) is 0 Å². The molecule has 0 spiro atoms. The van der Waals surface area contributed by atoms with E-state index in [1.807, 2.05) is 13.8 Å². The van der Waals surface area contributed by atoms with Crippen LogP contribution in [0.1, 0.15) is 37.6 Å². The number of nitrogens with two attached hydrogens (primary N) is 1. The molecule has 3 N–H and O–H groups in total. The van der Waals surface area contributed by atoms with E-state index in [9.17, 15) is 17.6 Å². The summed E-state index contributed by atoms with van der Waals surface area (Å²) in [6.07, 6.45) is 0.492. The van der Waals surface area contributed by atoms with E-state index in [1.165, 1.54) is 0 Å². The lowest BCUT2D eigenvalue weighted by atomic mass is 9.92. The average Bonchev–Trinajstić information content (AvgIpc) is 2.45. The highest BCUT2D eigenvalue weighted by molar-refractivity contribution is 7.89. The molecule has 6 nitrogen and oxygen atoms in total. The molecule has 0 aliphatic carbocycles. The molecule has 0 aromatic heterocycles. The molecule has 8 heteroatoms. The molecule has 1 aromatic rings. The molecule has 1 aromatic carbocycles. The predicted molar refractivity (Wildman–Crippen MR) is 85.0 cm³/mol. The topological polar surface area (TPSA) is 98.5 Å². The van der Waals surface area contributed by atoms with E-state index in [-0.39, 0.29) is 18.0 Å². The van der Waals surface area contributed by atoms with Crippen LogP contribution in [0.5, 0.6) is 0 Å². The Labute approximate surface area is 136 Å². The van der Waals surface area contributed by atoms with Crippen molar-refractivity contribution in [3.05, 3.63) is 29.6 Å². The number of halogens is 1. The summed E-state index contributed by atoms with van der Waals surface area (Å²) in [5, 5.41) is 0. The van der Waals surface area contributed by atoms with Crippen LogP contribution < -0.4 is 10.5 Å². The van der Waals surface area contributed by atoms with Gasteiger partial charge in [-0.05, 0) is 37.5 Å². The molecule has 0 fully saturated rings. The second kappa shape index (κ2) is 7.37. The fourth-order valence-corrected chi connectivity index (χ4v) is 4.08. The third-order valence-corrected chi connectivity index (χ3v) is 5.01. The van der Waals surface area contributed by atoms with Gasteiger partial charge in [-0.25, -0.2) is 22.3 Å². The molecule has 0 saturated carbocycles. The highest BCUT2D eigenvalue weighted by Crippen LogP contribution is 2.23. The number of benzene rings is 1. The Balaban J connectivity index is 3.33. The van der Waals surface area contributed by atoms with Gasteiger partial charge in [0, 0.05) is 12.1 Å². The Morgan fingerprint density at radius 1 is 1.43 bits per heavy atom. The summed E-state index contributed by atoms with van der Waals surface area (Å²) in [5.41, 5.74) is 4.56. The first-order valence-electron chi connectivity index (χ1n) is 7.16. The summed E-state index contributed by atoms with van der Waals surface area (Å²) in [4.78, 5) is 11.3. The van der Waals surface area contributed by atoms with Crippen LogP contribution in [0.4, 0.5) is 4.39 Å². The number of methoxy groups -OCH3 is 1. The van der Waals surface area contributed by atoms with E-state index >= 15 is 0 Å². The van der Waals surface area contributed by atoms with Crippen molar-refractivity contribution in [3.8, 4) is 0 Å². The molecule has 0 bridgehead atoms. The van der Waals surface area contributed by atoms with Crippen LogP contribution in [-0.4, -0.2) is 33.6 Å². The molecule has 130 valence electrons. The summed E-state index contributed by atoms with van der Waals surface area (Å²) in [6.45, 7) is 5.60. The van der Waals surface area contributed by atoms with Crippen molar-refractivity contribution in [1.29, 1.82) is 0 Å². The highest BCUT2D eigenvalue weighted by Gasteiger charge is 2.33. The molecule has 0 aliphatic rings. The van der Waals surface area contributed by atoms with Crippen molar-refractivity contribution in [1.82, 2.24) is 4.72 Å². The third-order valence-electron chi connectivity index (χ3n) is 3.33. The predicted octanol–water partition coefficient (Wildman–Crippen LogP) is 1.65. The maximum Gasteiger partial charge on any atom is 0.339 e. The number of carbonyl (C=O) groups excluding carboxylic acids is 1. The minimum absolute atomic E-state index is 0.0628. The number of rotatable bonds is 7. The van der Waals surface area contributed by atoms with Gasteiger partial charge >= 0.3 is 5.97 Å². The van der Waals surface area contributed by atoms with Gasteiger partial charge in [0.15, 0.2) is 0 Å². The van der Waals surface area contributed by atoms with Crippen molar-refractivity contribution >= 4 is 16.0 Å². The number of hydrogen-bond acceptors (Lipinski definition) is 5. The van der Waals surface area contributed by atoms with Crippen molar-refractivity contribution in [2.75, 3.05) is 13.7 Å². The number of nitrogens with one attached hydrogen (secondary N) is 1. The monoisotopic (exact) mass is 346 g/mol. The van der Waals surface area contributed by atoms with Crippen LogP contribution in [0, 0.1) is 11.7 Å². The van der Waals surface area contributed by atoms with Gasteiger partial charge in [-0.1, -0.05) is 13.8 Å². The zero-order chi connectivity index (χ0) is 17.8. The fourth-order valence-electron chi connectivity index (χ4n) is 2.44. The van der Waals surface area contributed by atoms with Crippen LogP contribution in [-0.2, 0) is 14.8 Å². The van der Waals surface area contributed by atoms with Gasteiger partial charge in [0.25, 0.3) is 0 Å². The summed E-state index contributed by atoms with van der Waals surface area (Å²) in [7, 11) is -3.03. The fraction of sp³-hybridized carbons (Fsp3) is 0.533. The number of sulfonamides is 1. The zero-order valence-electron chi connectivity index (χ0n) is 13.7. The molecular formula is C15H23FN2O4S. The van der Waals surface area contributed by atoms with E-state index in [1.54, 1.807) is 6.92 Å². The van der Waals surface area contributed by atoms with Gasteiger partial charge in [-0.15, -0.1) is 0 Å². The Bertz CT molecular complexity index is 676. The second-order valence-corrected chi connectivity index (χ2v) is 7.75. The SMILES string of the molecule is COC(=O)c1ccc(F)cc1S(=O)(=O)NC(C)(CN)CC(C)C. The standard InChI is InChI=1S/C15H23FN2O4S/c1-10(2)8-15(3,9-17)18-23(20,21)13-7-11(16)5-6-12(13)14(19)22-4/h5-7,10,18H,8-9,17H2,1-4H3. The van der Waals surface area contributed by atoms with Crippen LogP contribution in [0.3, 0.4) is 0 Å². The van der Waals surface area contributed by atoms with Crippen molar-refractivity contribution < 1.29 is 22.3 Å². The Kier molecular flexibility index (Phi) is 6.26. The highest BCUT2D eigenvalue weighted by atomic mass is 32.2. The quantitative estimate of drug-likeness (QED) is 0.732. The van der Waals surface area contributed by atoms with Gasteiger partial charge in [0.1, 0.15) is 5.82 Å². The summed E-state index contributed by atoms with van der Waals surface area (Å²) < 4.78 is 45.8. The zero-order valence-corrected chi connectivity index (χ0v) is 14.5. The first-order chi connectivity index (χ1) is 10.5. The lowest BCUT2D eigenvalue weighted by Crippen LogP contribution is -2.52. The third kappa shape index (κ3) is 4.98. The summed E-state index contributed by atoms with van der Waals surface area (Å²) >= 11 is 0. The van der Waals surface area contributed by atoms with Gasteiger partial charge < -0.3 is 10.5 Å². The minimum atomic E-state index is -4.15. The smallest absolute Gasteiger partial charge is 0.339 e. The molecule has 0 amide bonds. The van der Waals surface area contributed by atoms with E-state index < -0.39 is 32.2 Å². The number of carbonyl (C=O) groups is 1.